The Bertz CT molecular complexity index is 421. The van der Waals surface area contributed by atoms with Crippen molar-refractivity contribution >= 4 is 17.3 Å². The molecule has 1 aliphatic carbocycles. The van der Waals surface area contributed by atoms with E-state index in [1.807, 2.05) is 0 Å². The number of halogens is 1. The van der Waals surface area contributed by atoms with Crippen molar-refractivity contribution in [2.75, 3.05) is 6.61 Å². The molecule has 0 atom stereocenters. The molecule has 1 fully saturated rings. The number of nitro groups is 1. The van der Waals surface area contributed by atoms with Crippen molar-refractivity contribution in [3.63, 3.8) is 0 Å². The van der Waals surface area contributed by atoms with E-state index >= 15 is 0 Å². The molecule has 6 nitrogen and oxygen atoms in total. The molecule has 1 aromatic rings. The molecule has 0 bridgehead atoms. The van der Waals surface area contributed by atoms with Crippen molar-refractivity contribution in [1.29, 1.82) is 0 Å². The molecule has 2 rings (SSSR count). The number of aromatic nitrogens is 2. The minimum absolute atomic E-state index is 0.0399. The van der Waals surface area contributed by atoms with Gasteiger partial charge in [0.1, 0.15) is 6.20 Å². The Morgan fingerprint density at radius 2 is 2.24 bits per heavy atom. The number of hydrogen-bond acceptors (Lipinski definition) is 5. The SMILES string of the molecule is O=[N+]([O-])c1cnc(Cl)nc1OCC1CCCC1. The second-order valence-corrected chi connectivity index (χ2v) is 4.39. The van der Waals surface area contributed by atoms with Crippen molar-refractivity contribution < 1.29 is 9.66 Å². The Labute approximate surface area is 103 Å². The third-order valence-electron chi connectivity index (χ3n) is 2.83. The largest absolute Gasteiger partial charge is 0.472 e. The molecule has 7 heteroatoms. The average molecular weight is 258 g/mol. The first-order chi connectivity index (χ1) is 8.16. The van der Waals surface area contributed by atoms with Crippen LogP contribution in [-0.2, 0) is 0 Å². The van der Waals surface area contributed by atoms with Crippen LogP contribution in [0.2, 0.25) is 5.28 Å². The molecule has 0 amide bonds. The zero-order valence-electron chi connectivity index (χ0n) is 9.13. The third kappa shape index (κ3) is 3.03. The fraction of sp³-hybridized carbons (Fsp3) is 0.600. The van der Waals surface area contributed by atoms with Crippen LogP contribution in [0, 0.1) is 16.0 Å². The van der Waals surface area contributed by atoms with Crippen molar-refractivity contribution in [2.45, 2.75) is 25.7 Å². The van der Waals surface area contributed by atoms with E-state index in [0.717, 1.165) is 19.0 Å². The molecule has 0 unspecified atom stereocenters. The van der Waals surface area contributed by atoms with Crippen molar-refractivity contribution in [3.05, 3.63) is 21.6 Å². The van der Waals surface area contributed by atoms with Gasteiger partial charge in [0.25, 0.3) is 5.88 Å². The Balaban J connectivity index is 2.07. The molecule has 0 spiro atoms. The van der Waals surface area contributed by atoms with E-state index in [9.17, 15) is 10.1 Å². The van der Waals surface area contributed by atoms with Crippen LogP contribution < -0.4 is 4.74 Å². The van der Waals surface area contributed by atoms with Crippen molar-refractivity contribution in [1.82, 2.24) is 9.97 Å². The van der Waals surface area contributed by atoms with E-state index < -0.39 is 4.92 Å². The second kappa shape index (κ2) is 5.27. The molecule has 0 saturated heterocycles. The molecule has 1 heterocycles. The zero-order chi connectivity index (χ0) is 12.3. The lowest BCUT2D eigenvalue weighted by molar-refractivity contribution is -0.386. The first-order valence-corrected chi connectivity index (χ1v) is 5.84. The summed E-state index contributed by atoms with van der Waals surface area (Å²) in [4.78, 5) is 17.5. The predicted octanol–water partition coefficient (Wildman–Crippen LogP) is 2.61. The van der Waals surface area contributed by atoms with Gasteiger partial charge in [0.15, 0.2) is 0 Å². The predicted molar refractivity (Wildman–Crippen MR) is 61.1 cm³/mol. The highest BCUT2D eigenvalue weighted by Crippen LogP contribution is 2.28. The minimum Gasteiger partial charge on any atom is -0.472 e. The van der Waals surface area contributed by atoms with Crippen LogP contribution in [0.1, 0.15) is 25.7 Å². The van der Waals surface area contributed by atoms with Gasteiger partial charge in [-0.2, -0.15) is 4.98 Å². The van der Waals surface area contributed by atoms with Gasteiger partial charge >= 0.3 is 5.69 Å². The molecule has 17 heavy (non-hydrogen) atoms. The van der Waals surface area contributed by atoms with Gasteiger partial charge in [-0.05, 0) is 30.4 Å². The van der Waals surface area contributed by atoms with Gasteiger partial charge < -0.3 is 4.74 Å². The van der Waals surface area contributed by atoms with Crippen molar-refractivity contribution in [3.8, 4) is 5.88 Å². The first-order valence-electron chi connectivity index (χ1n) is 5.46. The summed E-state index contributed by atoms with van der Waals surface area (Å²) in [6, 6.07) is 0. The van der Waals surface area contributed by atoms with Gasteiger partial charge in [-0.25, -0.2) is 4.98 Å². The monoisotopic (exact) mass is 257 g/mol. The average Bonchev–Trinajstić information content (AvgIpc) is 2.78. The van der Waals surface area contributed by atoms with E-state index in [0.29, 0.717) is 12.5 Å². The summed E-state index contributed by atoms with van der Waals surface area (Å²) >= 11 is 5.59. The normalized spacial score (nSPS) is 16.1. The van der Waals surface area contributed by atoms with Gasteiger partial charge in [0.2, 0.25) is 5.28 Å². The molecule has 1 saturated carbocycles. The molecule has 1 aliphatic rings. The number of nitrogens with zero attached hydrogens (tertiary/aromatic N) is 3. The fourth-order valence-corrected chi connectivity index (χ4v) is 2.07. The number of hydrogen-bond donors (Lipinski definition) is 0. The standard InChI is InChI=1S/C10H12ClN3O3/c11-10-12-5-8(14(15)16)9(13-10)17-6-7-3-1-2-4-7/h5,7H,1-4,6H2. The summed E-state index contributed by atoms with van der Waals surface area (Å²) in [6.07, 6.45) is 5.67. The maximum absolute atomic E-state index is 10.7. The number of ether oxygens (including phenoxy) is 1. The zero-order valence-corrected chi connectivity index (χ0v) is 9.89. The highest BCUT2D eigenvalue weighted by molar-refractivity contribution is 6.28. The van der Waals surface area contributed by atoms with Crippen LogP contribution in [0.3, 0.4) is 0 Å². The summed E-state index contributed by atoms with van der Waals surface area (Å²) in [5.74, 6) is 0.422. The summed E-state index contributed by atoms with van der Waals surface area (Å²) in [5.41, 5.74) is -0.243. The quantitative estimate of drug-likeness (QED) is 0.471. The third-order valence-corrected chi connectivity index (χ3v) is 3.02. The molecule has 1 aromatic heterocycles. The molecule has 0 aromatic carbocycles. The highest BCUT2D eigenvalue weighted by Gasteiger charge is 2.21. The van der Waals surface area contributed by atoms with E-state index in [1.54, 1.807) is 0 Å². The van der Waals surface area contributed by atoms with Crippen LogP contribution in [0.5, 0.6) is 5.88 Å². The Morgan fingerprint density at radius 3 is 2.88 bits per heavy atom. The van der Waals surface area contributed by atoms with Gasteiger partial charge in [-0.15, -0.1) is 0 Å². The smallest absolute Gasteiger partial charge is 0.349 e. The molecule has 0 N–H and O–H groups in total. The van der Waals surface area contributed by atoms with Gasteiger partial charge in [0, 0.05) is 0 Å². The summed E-state index contributed by atoms with van der Waals surface area (Å²) < 4.78 is 5.39. The maximum atomic E-state index is 10.7. The van der Waals surface area contributed by atoms with E-state index in [4.69, 9.17) is 16.3 Å². The van der Waals surface area contributed by atoms with Crippen LogP contribution in [-0.4, -0.2) is 21.5 Å². The van der Waals surface area contributed by atoms with Crippen LogP contribution >= 0.6 is 11.6 Å². The molecule has 92 valence electrons. The topological polar surface area (TPSA) is 78.2 Å². The van der Waals surface area contributed by atoms with Gasteiger partial charge in [0.05, 0.1) is 11.5 Å². The number of rotatable bonds is 4. The minimum atomic E-state index is -0.569. The lowest BCUT2D eigenvalue weighted by Gasteiger charge is -2.10. The van der Waals surface area contributed by atoms with E-state index in [-0.39, 0.29) is 16.9 Å². The molecular formula is C10H12ClN3O3. The Hall–Kier alpha value is -1.43. The second-order valence-electron chi connectivity index (χ2n) is 4.05. The lowest BCUT2D eigenvalue weighted by atomic mass is 10.1. The van der Waals surface area contributed by atoms with E-state index in [2.05, 4.69) is 9.97 Å². The molecular weight excluding hydrogens is 246 g/mol. The Kier molecular flexibility index (Phi) is 3.73. The lowest BCUT2D eigenvalue weighted by Crippen LogP contribution is -2.10. The summed E-state index contributed by atoms with van der Waals surface area (Å²) in [7, 11) is 0. The molecule has 0 radical (unpaired) electrons. The fourth-order valence-electron chi connectivity index (χ4n) is 1.94. The van der Waals surface area contributed by atoms with Crippen LogP contribution in [0.25, 0.3) is 0 Å². The first kappa shape index (κ1) is 12.0. The Morgan fingerprint density at radius 1 is 1.53 bits per heavy atom. The van der Waals surface area contributed by atoms with E-state index in [1.165, 1.54) is 12.8 Å². The highest BCUT2D eigenvalue weighted by atomic mass is 35.5. The molecule has 0 aliphatic heterocycles. The van der Waals surface area contributed by atoms with Gasteiger partial charge in [-0.1, -0.05) is 12.8 Å². The van der Waals surface area contributed by atoms with Crippen LogP contribution in [0.4, 0.5) is 5.69 Å². The van der Waals surface area contributed by atoms with Gasteiger partial charge in [-0.3, -0.25) is 10.1 Å². The maximum Gasteiger partial charge on any atom is 0.349 e. The van der Waals surface area contributed by atoms with Crippen molar-refractivity contribution in [2.24, 2.45) is 5.92 Å². The summed E-state index contributed by atoms with van der Waals surface area (Å²) in [5, 5.41) is 10.7. The summed E-state index contributed by atoms with van der Waals surface area (Å²) in [6.45, 7) is 0.453. The van der Waals surface area contributed by atoms with Crippen LogP contribution in [0.15, 0.2) is 6.20 Å².